The molecule has 1 aliphatic rings. The minimum atomic E-state index is -0.496. The molecule has 0 unspecified atom stereocenters. The van der Waals surface area contributed by atoms with Gasteiger partial charge in [-0.2, -0.15) is 0 Å². The average molecular weight is 168 g/mol. The van der Waals surface area contributed by atoms with Gasteiger partial charge in [-0.05, 0) is 38.0 Å². The SMILES string of the molecule is C/C=C\C1(O)CCC(C)(C)CC1. The fraction of sp³-hybridized carbons (Fsp3) is 0.818. The summed E-state index contributed by atoms with van der Waals surface area (Å²) in [5.74, 6) is 0. The minimum Gasteiger partial charge on any atom is -0.386 e. The lowest BCUT2D eigenvalue weighted by atomic mass is 9.71. The lowest BCUT2D eigenvalue weighted by molar-refractivity contribution is 0.0148. The smallest absolute Gasteiger partial charge is 0.0828 e. The van der Waals surface area contributed by atoms with E-state index in [4.69, 9.17) is 0 Å². The Morgan fingerprint density at radius 3 is 2.00 bits per heavy atom. The molecule has 0 saturated heterocycles. The zero-order valence-corrected chi connectivity index (χ0v) is 8.43. The van der Waals surface area contributed by atoms with Gasteiger partial charge in [-0.3, -0.25) is 0 Å². The predicted molar refractivity (Wildman–Crippen MR) is 52.0 cm³/mol. The molecule has 1 N–H and O–H groups in total. The molecule has 12 heavy (non-hydrogen) atoms. The lowest BCUT2D eigenvalue weighted by Gasteiger charge is -2.38. The third-order valence-electron chi connectivity index (χ3n) is 2.95. The van der Waals surface area contributed by atoms with Gasteiger partial charge in [-0.1, -0.05) is 26.0 Å². The molecule has 0 radical (unpaired) electrons. The van der Waals surface area contributed by atoms with Gasteiger partial charge in [0.1, 0.15) is 0 Å². The first-order valence-electron chi connectivity index (χ1n) is 4.84. The molecule has 0 aromatic rings. The number of rotatable bonds is 1. The van der Waals surface area contributed by atoms with Crippen LogP contribution >= 0.6 is 0 Å². The number of hydrogen-bond donors (Lipinski definition) is 1. The summed E-state index contributed by atoms with van der Waals surface area (Å²) in [5.41, 5.74) is -0.0575. The van der Waals surface area contributed by atoms with E-state index in [2.05, 4.69) is 13.8 Å². The second-order valence-electron chi connectivity index (χ2n) is 4.77. The summed E-state index contributed by atoms with van der Waals surface area (Å²) in [4.78, 5) is 0. The van der Waals surface area contributed by atoms with E-state index in [-0.39, 0.29) is 0 Å². The van der Waals surface area contributed by atoms with E-state index in [0.717, 1.165) is 25.7 Å². The van der Waals surface area contributed by atoms with Crippen molar-refractivity contribution in [3.05, 3.63) is 12.2 Å². The standard InChI is InChI=1S/C11H20O/c1-4-5-11(12)8-6-10(2,3)7-9-11/h4-5,12H,6-9H2,1-3H3/b5-4-. The Hall–Kier alpha value is -0.300. The lowest BCUT2D eigenvalue weighted by Crippen LogP contribution is -2.34. The Balaban J connectivity index is 2.55. The van der Waals surface area contributed by atoms with Gasteiger partial charge in [-0.25, -0.2) is 0 Å². The Morgan fingerprint density at radius 1 is 1.08 bits per heavy atom. The van der Waals surface area contributed by atoms with Gasteiger partial charge in [0.05, 0.1) is 5.60 Å². The van der Waals surface area contributed by atoms with Gasteiger partial charge in [0.2, 0.25) is 0 Å². The van der Waals surface area contributed by atoms with Crippen molar-refractivity contribution in [3.63, 3.8) is 0 Å². The summed E-state index contributed by atoms with van der Waals surface area (Å²) in [6, 6.07) is 0. The molecule has 0 heterocycles. The summed E-state index contributed by atoms with van der Waals surface area (Å²) in [7, 11) is 0. The molecule has 0 aromatic carbocycles. The Kier molecular flexibility index (Phi) is 2.62. The molecule has 1 aliphatic carbocycles. The van der Waals surface area contributed by atoms with E-state index in [1.807, 2.05) is 19.1 Å². The highest BCUT2D eigenvalue weighted by Crippen LogP contribution is 2.40. The van der Waals surface area contributed by atoms with E-state index < -0.39 is 5.60 Å². The van der Waals surface area contributed by atoms with Gasteiger partial charge in [-0.15, -0.1) is 0 Å². The first-order valence-corrected chi connectivity index (χ1v) is 4.84. The second-order valence-corrected chi connectivity index (χ2v) is 4.77. The van der Waals surface area contributed by atoms with Crippen LogP contribution in [0.1, 0.15) is 46.5 Å². The average Bonchev–Trinajstić information content (AvgIpc) is 1.98. The van der Waals surface area contributed by atoms with Crippen LogP contribution in [0.5, 0.6) is 0 Å². The molecule has 1 heteroatoms. The van der Waals surface area contributed by atoms with Crippen LogP contribution in [0.25, 0.3) is 0 Å². The van der Waals surface area contributed by atoms with Crippen molar-refractivity contribution in [2.24, 2.45) is 5.41 Å². The minimum absolute atomic E-state index is 0.438. The third-order valence-corrected chi connectivity index (χ3v) is 2.95. The highest BCUT2D eigenvalue weighted by molar-refractivity contribution is 5.03. The van der Waals surface area contributed by atoms with E-state index in [0.29, 0.717) is 5.41 Å². The maximum absolute atomic E-state index is 10.0. The van der Waals surface area contributed by atoms with Crippen LogP contribution in [0.4, 0.5) is 0 Å². The molecule has 1 saturated carbocycles. The molecule has 0 atom stereocenters. The molecular weight excluding hydrogens is 148 g/mol. The van der Waals surface area contributed by atoms with Gasteiger partial charge in [0.25, 0.3) is 0 Å². The molecule has 0 amide bonds. The van der Waals surface area contributed by atoms with Crippen LogP contribution in [0, 0.1) is 5.41 Å². The van der Waals surface area contributed by atoms with Crippen molar-refractivity contribution in [2.75, 3.05) is 0 Å². The van der Waals surface area contributed by atoms with Crippen LogP contribution in [-0.2, 0) is 0 Å². The molecule has 1 fully saturated rings. The van der Waals surface area contributed by atoms with Gasteiger partial charge >= 0.3 is 0 Å². The molecular formula is C11H20O. The fourth-order valence-corrected chi connectivity index (χ4v) is 1.84. The predicted octanol–water partition coefficient (Wildman–Crippen LogP) is 2.89. The van der Waals surface area contributed by atoms with Crippen LogP contribution in [0.3, 0.4) is 0 Å². The van der Waals surface area contributed by atoms with Crippen LogP contribution in [0.2, 0.25) is 0 Å². The summed E-state index contributed by atoms with van der Waals surface area (Å²) in [6.45, 7) is 6.53. The van der Waals surface area contributed by atoms with E-state index >= 15 is 0 Å². The molecule has 0 aromatic heterocycles. The summed E-state index contributed by atoms with van der Waals surface area (Å²) in [5, 5.41) is 10.0. The summed E-state index contributed by atoms with van der Waals surface area (Å²) >= 11 is 0. The van der Waals surface area contributed by atoms with Crippen molar-refractivity contribution < 1.29 is 5.11 Å². The first kappa shape index (κ1) is 9.79. The maximum atomic E-state index is 10.0. The zero-order chi connectivity index (χ0) is 9.24. The molecule has 1 rings (SSSR count). The second kappa shape index (κ2) is 3.21. The Labute approximate surface area is 75.5 Å². The molecule has 0 bridgehead atoms. The fourth-order valence-electron chi connectivity index (χ4n) is 1.84. The molecule has 1 nitrogen and oxygen atoms in total. The van der Waals surface area contributed by atoms with Crippen LogP contribution < -0.4 is 0 Å². The van der Waals surface area contributed by atoms with E-state index in [9.17, 15) is 5.11 Å². The monoisotopic (exact) mass is 168 g/mol. The topological polar surface area (TPSA) is 20.2 Å². The Bertz CT molecular complexity index is 169. The summed E-state index contributed by atoms with van der Waals surface area (Å²) < 4.78 is 0. The van der Waals surface area contributed by atoms with Crippen molar-refractivity contribution >= 4 is 0 Å². The highest BCUT2D eigenvalue weighted by atomic mass is 16.3. The third kappa shape index (κ3) is 2.34. The van der Waals surface area contributed by atoms with E-state index in [1.54, 1.807) is 0 Å². The first-order chi connectivity index (χ1) is 5.47. The summed E-state index contributed by atoms with van der Waals surface area (Å²) in [6.07, 6.45) is 8.01. The molecule has 0 aliphatic heterocycles. The zero-order valence-electron chi connectivity index (χ0n) is 8.43. The maximum Gasteiger partial charge on any atom is 0.0828 e. The number of aliphatic hydroxyl groups is 1. The van der Waals surface area contributed by atoms with E-state index in [1.165, 1.54) is 0 Å². The Morgan fingerprint density at radius 2 is 1.58 bits per heavy atom. The van der Waals surface area contributed by atoms with Crippen molar-refractivity contribution in [2.45, 2.75) is 52.1 Å². The largest absolute Gasteiger partial charge is 0.386 e. The number of hydrogen-bond acceptors (Lipinski definition) is 1. The van der Waals surface area contributed by atoms with Gasteiger partial charge < -0.3 is 5.11 Å². The van der Waals surface area contributed by atoms with Gasteiger partial charge in [0, 0.05) is 0 Å². The van der Waals surface area contributed by atoms with Crippen molar-refractivity contribution in [3.8, 4) is 0 Å². The molecule has 0 spiro atoms. The highest BCUT2D eigenvalue weighted by Gasteiger charge is 2.34. The quantitative estimate of drug-likeness (QED) is 0.597. The number of allylic oxidation sites excluding steroid dienone is 1. The van der Waals surface area contributed by atoms with Crippen LogP contribution in [0.15, 0.2) is 12.2 Å². The van der Waals surface area contributed by atoms with Gasteiger partial charge in [0.15, 0.2) is 0 Å². The van der Waals surface area contributed by atoms with Crippen molar-refractivity contribution in [1.82, 2.24) is 0 Å². The normalized spacial score (nSPS) is 27.7. The van der Waals surface area contributed by atoms with Crippen molar-refractivity contribution in [1.29, 1.82) is 0 Å². The van der Waals surface area contributed by atoms with Crippen LogP contribution in [-0.4, -0.2) is 10.7 Å². The molecule has 70 valence electrons.